The van der Waals surface area contributed by atoms with Gasteiger partial charge in [-0.05, 0) is 42.8 Å². The Bertz CT molecular complexity index is 751. The van der Waals surface area contributed by atoms with Gasteiger partial charge < -0.3 is 14.8 Å². The number of nitrogens with zero attached hydrogens (tertiary/aromatic N) is 1. The largest absolute Gasteiger partial charge is 0.493 e. The molecule has 2 rings (SSSR count). The maximum atomic E-state index is 12.4. The summed E-state index contributed by atoms with van der Waals surface area (Å²) in [6.07, 6.45) is 2.01. The molecule has 0 bridgehead atoms. The van der Waals surface area contributed by atoms with Crippen molar-refractivity contribution < 1.29 is 14.3 Å². The number of carbonyl (C=O) groups excluding carboxylic acids is 1. The van der Waals surface area contributed by atoms with Crippen LogP contribution in [0.25, 0.3) is 0 Å². The molecule has 0 saturated heterocycles. The van der Waals surface area contributed by atoms with E-state index in [0.717, 1.165) is 12.8 Å². The summed E-state index contributed by atoms with van der Waals surface area (Å²) >= 11 is 0. The van der Waals surface area contributed by atoms with Crippen LogP contribution in [0.5, 0.6) is 11.5 Å². The van der Waals surface area contributed by atoms with Crippen molar-refractivity contribution in [2.24, 2.45) is 0 Å². The van der Waals surface area contributed by atoms with Crippen molar-refractivity contribution >= 4 is 11.6 Å². The van der Waals surface area contributed by atoms with Crippen molar-refractivity contribution in [1.82, 2.24) is 0 Å². The molecule has 5 nitrogen and oxygen atoms in total. The van der Waals surface area contributed by atoms with E-state index in [1.54, 1.807) is 49.6 Å². The Hall–Kier alpha value is -3.00. The first kappa shape index (κ1) is 17.4. The number of unbranched alkanes of at least 4 members (excludes halogenated alkanes) is 1. The highest BCUT2D eigenvalue weighted by molar-refractivity contribution is 6.04. The number of amides is 1. The number of anilines is 1. The fourth-order valence-corrected chi connectivity index (χ4v) is 2.12. The van der Waals surface area contributed by atoms with Crippen LogP contribution in [0.2, 0.25) is 0 Å². The number of ether oxygens (including phenoxy) is 2. The van der Waals surface area contributed by atoms with Crippen LogP contribution in [0, 0.1) is 11.3 Å². The van der Waals surface area contributed by atoms with Crippen LogP contribution in [0.15, 0.2) is 42.5 Å². The molecule has 5 heteroatoms. The van der Waals surface area contributed by atoms with Gasteiger partial charge in [-0.25, -0.2) is 0 Å². The zero-order valence-corrected chi connectivity index (χ0v) is 13.8. The number of hydrogen-bond donors (Lipinski definition) is 1. The van der Waals surface area contributed by atoms with Gasteiger partial charge in [0.05, 0.1) is 25.3 Å². The quantitative estimate of drug-likeness (QED) is 0.781. The molecule has 1 amide bonds. The molecule has 0 aliphatic carbocycles. The van der Waals surface area contributed by atoms with Gasteiger partial charge in [0.15, 0.2) is 11.5 Å². The monoisotopic (exact) mass is 324 g/mol. The van der Waals surface area contributed by atoms with E-state index < -0.39 is 0 Å². The van der Waals surface area contributed by atoms with Crippen molar-refractivity contribution in [2.75, 3.05) is 19.0 Å². The molecular weight excluding hydrogens is 304 g/mol. The van der Waals surface area contributed by atoms with E-state index in [1.165, 1.54) is 0 Å². The van der Waals surface area contributed by atoms with Gasteiger partial charge in [-0.2, -0.15) is 5.26 Å². The smallest absolute Gasteiger partial charge is 0.255 e. The van der Waals surface area contributed by atoms with Crippen molar-refractivity contribution in [3.8, 4) is 17.6 Å². The molecule has 0 aliphatic rings. The third-order valence-corrected chi connectivity index (χ3v) is 3.43. The number of carbonyl (C=O) groups is 1. The van der Waals surface area contributed by atoms with Crippen LogP contribution in [-0.4, -0.2) is 19.6 Å². The van der Waals surface area contributed by atoms with Crippen molar-refractivity contribution in [3.05, 3.63) is 53.6 Å². The van der Waals surface area contributed by atoms with Gasteiger partial charge in [-0.3, -0.25) is 4.79 Å². The molecule has 2 aromatic carbocycles. The molecular formula is C19H20N2O3. The average molecular weight is 324 g/mol. The van der Waals surface area contributed by atoms with Gasteiger partial charge in [-0.15, -0.1) is 0 Å². The predicted molar refractivity (Wildman–Crippen MR) is 92.5 cm³/mol. The molecule has 0 aromatic heterocycles. The van der Waals surface area contributed by atoms with Crippen LogP contribution >= 0.6 is 0 Å². The number of methoxy groups -OCH3 is 1. The Morgan fingerprint density at radius 1 is 1.21 bits per heavy atom. The van der Waals surface area contributed by atoms with Gasteiger partial charge in [-0.1, -0.05) is 19.4 Å². The van der Waals surface area contributed by atoms with Crippen molar-refractivity contribution in [2.45, 2.75) is 19.8 Å². The summed E-state index contributed by atoms with van der Waals surface area (Å²) in [7, 11) is 1.54. The number of hydrogen-bond acceptors (Lipinski definition) is 4. The van der Waals surface area contributed by atoms with Crippen LogP contribution in [-0.2, 0) is 0 Å². The SMILES string of the molecule is CCCCOc1ccc(C(=O)Nc2cccc(C#N)c2)cc1OC. The number of nitrogens with one attached hydrogen (secondary N) is 1. The Morgan fingerprint density at radius 2 is 2.04 bits per heavy atom. The van der Waals surface area contributed by atoms with E-state index in [-0.39, 0.29) is 5.91 Å². The summed E-state index contributed by atoms with van der Waals surface area (Å²) in [5.74, 6) is 0.863. The summed E-state index contributed by atoms with van der Waals surface area (Å²) in [4.78, 5) is 12.4. The Kier molecular flexibility index (Phi) is 6.21. The molecule has 0 heterocycles. The van der Waals surface area contributed by atoms with E-state index in [2.05, 4.69) is 12.2 Å². The van der Waals surface area contributed by atoms with Crippen LogP contribution < -0.4 is 14.8 Å². The maximum Gasteiger partial charge on any atom is 0.255 e. The molecule has 0 unspecified atom stereocenters. The molecule has 0 spiro atoms. The first-order valence-electron chi connectivity index (χ1n) is 7.80. The van der Waals surface area contributed by atoms with Crippen molar-refractivity contribution in [3.63, 3.8) is 0 Å². The van der Waals surface area contributed by atoms with Crippen LogP contribution in [0.1, 0.15) is 35.7 Å². The van der Waals surface area contributed by atoms with Gasteiger partial charge in [0.25, 0.3) is 5.91 Å². The lowest BCUT2D eigenvalue weighted by Crippen LogP contribution is -2.12. The summed E-state index contributed by atoms with van der Waals surface area (Å²) in [6, 6.07) is 13.9. The minimum absolute atomic E-state index is 0.275. The number of nitriles is 1. The second-order valence-corrected chi connectivity index (χ2v) is 5.21. The Balaban J connectivity index is 2.13. The third kappa shape index (κ3) is 4.50. The molecule has 0 saturated carbocycles. The fourth-order valence-electron chi connectivity index (χ4n) is 2.12. The topological polar surface area (TPSA) is 71.3 Å². The molecule has 0 radical (unpaired) electrons. The molecule has 0 fully saturated rings. The molecule has 0 atom stereocenters. The fraction of sp³-hybridized carbons (Fsp3) is 0.263. The second-order valence-electron chi connectivity index (χ2n) is 5.21. The molecule has 124 valence electrons. The normalized spacial score (nSPS) is 9.88. The molecule has 1 N–H and O–H groups in total. The van der Waals surface area contributed by atoms with Gasteiger partial charge in [0, 0.05) is 11.3 Å². The summed E-state index contributed by atoms with van der Waals surface area (Å²) in [5.41, 5.74) is 1.52. The van der Waals surface area contributed by atoms with E-state index in [9.17, 15) is 4.79 Å². The highest BCUT2D eigenvalue weighted by Crippen LogP contribution is 2.28. The van der Waals surface area contributed by atoms with E-state index in [1.807, 2.05) is 6.07 Å². The summed E-state index contributed by atoms with van der Waals surface area (Å²) in [6.45, 7) is 2.70. The zero-order chi connectivity index (χ0) is 17.4. The Morgan fingerprint density at radius 3 is 2.75 bits per heavy atom. The molecule has 24 heavy (non-hydrogen) atoms. The van der Waals surface area contributed by atoms with E-state index >= 15 is 0 Å². The minimum Gasteiger partial charge on any atom is -0.493 e. The van der Waals surface area contributed by atoms with Crippen LogP contribution in [0.3, 0.4) is 0 Å². The van der Waals surface area contributed by atoms with E-state index in [4.69, 9.17) is 14.7 Å². The average Bonchev–Trinajstić information content (AvgIpc) is 2.62. The zero-order valence-electron chi connectivity index (χ0n) is 13.8. The lowest BCUT2D eigenvalue weighted by molar-refractivity contribution is 0.102. The third-order valence-electron chi connectivity index (χ3n) is 3.43. The molecule has 2 aromatic rings. The lowest BCUT2D eigenvalue weighted by atomic mass is 10.1. The second kappa shape index (κ2) is 8.59. The number of rotatable bonds is 7. The molecule has 0 aliphatic heterocycles. The van der Waals surface area contributed by atoms with Gasteiger partial charge in [0.2, 0.25) is 0 Å². The van der Waals surface area contributed by atoms with Crippen molar-refractivity contribution in [1.29, 1.82) is 5.26 Å². The Labute approximate surface area is 141 Å². The van der Waals surface area contributed by atoms with Gasteiger partial charge >= 0.3 is 0 Å². The highest BCUT2D eigenvalue weighted by atomic mass is 16.5. The first-order valence-corrected chi connectivity index (χ1v) is 7.80. The first-order chi connectivity index (χ1) is 11.7. The number of benzene rings is 2. The predicted octanol–water partition coefficient (Wildman–Crippen LogP) is 4.00. The van der Waals surface area contributed by atoms with Crippen LogP contribution in [0.4, 0.5) is 5.69 Å². The lowest BCUT2D eigenvalue weighted by Gasteiger charge is -2.12. The van der Waals surface area contributed by atoms with Gasteiger partial charge in [0.1, 0.15) is 0 Å². The van der Waals surface area contributed by atoms with E-state index in [0.29, 0.717) is 34.9 Å². The highest BCUT2D eigenvalue weighted by Gasteiger charge is 2.11. The summed E-state index contributed by atoms with van der Waals surface area (Å²) < 4.78 is 11.0. The summed E-state index contributed by atoms with van der Waals surface area (Å²) in [5, 5.41) is 11.7. The maximum absolute atomic E-state index is 12.4. The minimum atomic E-state index is -0.275. The standard InChI is InChI=1S/C19H20N2O3/c1-3-4-10-24-17-9-8-15(12-18(17)23-2)19(22)21-16-7-5-6-14(11-16)13-20/h5-9,11-12H,3-4,10H2,1-2H3,(H,21,22).